The number of aromatic nitrogens is 2. The van der Waals surface area contributed by atoms with Crippen molar-refractivity contribution in [2.24, 2.45) is 0 Å². The second kappa shape index (κ2) is 8.88. The van der Waals surface area contributed by atoms with Gasteiger partial charge in [0.1, 0.15) is 16.4 Å². The third-order valence-corrected chi connectivity index (χ3v) is 6.54. The third kappa shape index (κ3) is 3.98. The van der Waals surface area contributed by atoms with Gasteiger partial charge in [-0.15, -0.1) is 11.3 Å². The van der Waals surface area contributed by atoms with E-state index in [1.54, 1.807) is 18.4 Å². The Morgan fingerprint density at radius 3 is 2.57 bits per heavy atom. The number of hydrogen-bond donors (Lipinski definition) is 0. The fourth-order valence-corrected chi connectivity index (χ4v) is 4.57. The molecule has 0 saturated carbocycles. The van der Waals surface area contributed by atoms with Crippen LogP contribution >= 0.6 is 11.3 Å². The van der Waals surface area contributed by atoms with Crippen LogP contribution in [0.2, 0.25) is 0 Å². The van der Waals surface area contributed by atoms with Crippen LogP contribution in [-0.2, 0) is 13.0 Å². The van der Waals surface area contributed by atoms with Crippen LogP contribution < -0.4 is 10.3 Å². The molecule has 1 aromatic carbocycles. The fourth-order valence-electron chi connectivity index (χ4n) is 3.54. The summed E-state index contributed by atoms with van der Waals surface area (Å²) in [5.41, 5.74) is 2.17. The van der Waals surface area contributed by atoms with Gasteiger partial charge in [-0.2, -0.15) is 0 Å². The van der Waals surface area contributed by atoms with Crippen molar-refractivity contribution in [3.05, 3.63) is 56.4 Å². The first-order valence-electron chi connectivity index (χ1n) is 9.83. The van der Waals surface area contributed by atoms with Crippen LogP contribution in [0.5, 0.6) is 5.75 Å². The highest BCUT2D eigenvalue weighted by Gasteiger charge is 2.18. The molecule has 0 unspecified atom stereocenters. The quantitative estimate of drug-likeness (QED) is 0.574. The van der Waals surface area contributed by atoms with Gasteiger partial charge in [-0.25, -0.2) is 4.98 Å². The maximum absolute atomic E-state index is 13.4. The monoisotopic (exact) mass is 399 g/mol. The molecule has 2 heterocycles. The molecule has 3 rings (SSSR count). The molecular formula is C22H29N3O2S. The van der Waals surface area contributed by atoms with Gasteiger partial charge in [0.05, 0.1) is 12.5 Å². The Kier molecular flexibility index (Phi) is 6.52. The zero-order valence-corrected chi connectivity index (χ0v) is 18.2. The van der Waals surface area contributed by atoms with Gasteiger partial charge in [-0.1, -0.05) is 32.0 Å². The Hall–Kier alpha value is -2.18. The van der Waals surface area contributed by atoms with Crippen LogP contribution in [0.3, 0.4) is 0 Å². The number of benzene rings is 1. The fraction of sp³-hybridized carbons (Fsp3) is 0.455. The summed E-state index contributed by atoms with van der Waals surface area (Å²) in [6.07, 6.45) is 0.573. The molecule has 0 bridgehead atoms. The molecule has 0 spiro atoms. The molecule has 28 heavy (non-hydrogen) atoms. The number of aryl methyl sites for hydroxylation is 2. The van der Waals surface area contributed by atoms with Crippen LogP contribution in [0.25, 0.3) is 10.2 Å². The Balaban J connectivity index is 2.10. The molecule has 0 aliphatic carbocycles. The molecule has 3 aromatic rings. The zero-order chi connectivity index (χ0) is 20.3. The molecule has 0 aliphatic heterocycles. The zero-order valence-electron chi connectivity index (χ0n) is 17.4. The number of likely N-dealkylation sites (N-methyl/N-ethyl adjacent to an activating group) is 1. The average Bonchev–Trinajstić information content (AvgIpc) is 2.98. The molecule has 2 aromatic heterocycles. The Morgan fingerprint density at radius 1 is 1.18 bits per heavy atom. The summed E-state index contributed by atoms with van der Waals surface area (Å²) in [6.45, 7) is 11.8. The SMILES string of the molecule is CCN(CC)CCn1c(Cc2ccccc2OC)nc2sc(C)c(C)c2c1=O. The summed E-state index contributed by atoms with van der Waals surface area (Å²) in [5, 5.41) is 0.769. The van der Waals surface area contributed by atoms with E-state index in [0.717, 1.165) is 57.4 Å². The summed E-state index contributed by atoms with van der Waals surface area (Å²) in [7, 11) is 1.68. The molecule has 0 radical (unpaired) electrons. The Bertz CT molecular complexity index is 1020. The first kappa shape index (κ1) is 20.6. The molecule has 0 fully saturated rings. The predicted octanol–water partition coefficient (Wildman–Crippen LogP) is 4.02. The summed E-state index contributed by atoms with van der Waals surface area (Å²) in [6, 6.07) is 7.94. The van der Waals surface area contributed by atoms with Gasteiger partial charge in [0.15, 0.2) is 0 Å². The molecule has 5 nitrogen and oxygen atoms in total. The van der Waals surface area contributed by atoms with E-state index in [4.69, 9.17) is 9.72 Å². The van der Waals surface area contributed by atoms with E-state index in [1.807, 2.05) is 35.8 Å². The smallest absolute Gasteiger partial charge is 0.262 e. The van der Waals surface area contributed by atoms with Crippen molar-refractivity contribution in [2.45, 2.75) is 40.7 Å². The largest absolute Gasteiger partial charge is 0.496 e. The molecule has 0 amide bonds. The van der Waals surface area contributed by atoms with Gasteiger partial charge in [0.25, 0.3) is 5.56 Å². The summed E-state index contributed by atoms with van der Waals surface area (Å²) < 4.78 is 7.38. The van der Waals surface area contributed by atoms with Crippen LogP contribution in [-0.4, -0.2) is 41.2 Å². The van der Waals surface area contributed by atoms with Gasteiger partial charge < -0.3 is 9.64 Å². The van der Waals surface area contributed by atoms with Crippen molar-refractivity contribution in [1.82, 2.24) is 14.5 Å². The van der Waals surface area contributed by atoms with E-state index in [2.05, 4.69) is 25.7 Å². The van der Waals surface area contributed by atoms with Crippen LogP contribution in [0.15, 0.2) is 29.1 Å². The average molecular weight is 400 g/mol. The van der Waals surface area contributed by atoms with Gasteiger partial charge >= 0.3 is 0 Å². The highest BCUT2D eigenvalue weighted by molar-refractivity contribution is 7.18. The number of methoxy groups -OCH3 is 1. The normalized spacial score (nSPS) is 11.5. The minimum Gasteiger partial charge on any atom is -0.496 e. The molecule has 6 heteroatoms. The standard InChI is InChI=1S/C22H29N3O2S/c1-6-24(7-2)12-13-25-19(14-17-10-8-9-11-18(17)27-5)23-21-20(22(25)26)15(3)16(4)28-21/h8-11H,6-7,12-14H2,1-5H3. The van der Waals surface area contributed by atoms with E-state index in [0.29, 0.717) is 13.0 Å². The molecular weight excluding hydrogens is 370 g/mol. The Labute approximate surface area is 170 Å². The number of rotatable bonds is 8. The van der Waals surface area contributed by atoms with Crippen molar-refractivity contribution in [3.63, 3.8) is 0 Å². The number of thiophene rings is 1. The topological polar surface area (TPSA) is 47.4 Å². The molecule has 0 aliphatic rings. The lowest BCUT2D eigenvalue weighted by Crippen LogP contribution is -2.33. The number of ether oxygens (including phenoxy) is 1. The van der Waals surface area contributed by atoms with Crippen LogP contribution in [0.4, 0.5) is 0 Å². The highest BCUT2D eigenvalue weighted by atomic mass is 32.1. The summed E-state index contributed by atoms with van der Waals surface area (Å²) in [5.74, 6) is 1.63. The molecule has 0 atom stereocenters. The van der Waals surface area contributed by atoms with E-state index in [9.17, 15) is 4.79 Å². The second-order valence-corrected chi connectivity index (χ2v) is 8.17. The first-order valence-corrected chi connectivity index (χ1v) is 10.6. The maximum atomic E-state index is 13.4. The maximum Gasteiger partial charge on any atom is 0.262 e. The van der Waals surface area contributed by atoms with E-state index < -0.39 is 0 Å². The lowest BCUT2D eigenvalue weighted by molar-refractivity contribution is 0.287. The summed E-state index contributed by atoms with van der Waals surface area (Å²) in [4.78, 5) is 22.6. The van der Waals surface area contributed by atoms with Crippen molar-refractivity contribution in [3.8, 4) is 5.75 Å². The van der Waals surface area contributed by atoms with Gasteiger partial charge in [0.2, 0.25) is 0 Å². The molecule has 0 saturated heterocycles. The summed E-state index contributed by atoms with van der Waals surface area (Å²) >= 11 is 1.60. The molecule has 150 valence electrons. The minimum absolute atomic E-state index is 0.0731. The van der Waals surface area contributed by atoms with Crippen molar-refractivity contribution in [1.29, 1.82) is 0 Å². The number of fused-ring (bicyclic) bond motifs is 1. The molecule has 0 N–H and O–H groups in total. The van der Waals surface area contributed by atoms with Crippen molar-refractivity contribution in [2.75, 3.05) is 26.7 Å². The highest BCUT2D eigenvalue weighted by Crippen LogP contribution is 2.27. The number of hydrogen-bond acceptors (Lipinski definition) is 5. The first-order chi connectivity index (χ1) is 13.5. The lowest BCUT2D eigenvalue weighted by atomic mass is 10.1. The van der Waals surface area contributed by atoms with E-state index in [1.165, 1.54) is 0 Å². The van der Waals surface area contributed by atoms with Gasteiger partial charge in [-0.3, -0.25) is 9.36 Å². The number of para-hydroxylation sites is 1. The van der Waals surface area contributed by atoms with E-state index >= 15 is 0 Å². The van der Waals surface area contributed by atoms with Crippen molar-refractivity contribution < 1.29 is 4.74 Å². The Morgan fingerprint density at radius 2 is 1.89 bits per heavy atom. The van der Waals surface area contributed by atoms with Gasteiger partial charge in [-0.05, 0) is 38.6 Å². The predicted molar refractivity (Wildman–Crippen MR) is 117 cm³/mol. The number of nitrogens with zero attached hydrogens (tertiary/aromatic N) is 3. The minimum atomic E-state index is 0.0731. The lowest BCUT2D eigenvalue weighted by Gasteiger charge is -2.20. The van der Waals surface area contributed by atoms with Crippen LogP contribution in [0.1, 0.15) is 35.7 Å². The second-order valence-electron chi connectivity index (χ2n) is 6.96. The third-order valence-electron chi connectivity index (χ3n) is 5.44. The van der Waals surface area contributed by atoms with E-state index in [-0.39, 0.29) is 5.56 Å². The van der Waals surface area contributed by atoms with Gasteiger partial charge in [0, 0.05) is 30.0 Å². The van der Waals surface area contributed by atoms with Crippen molar-refractivity contribution >= 4 is 21.6 Å². The van der Waals surface area contributed by atoms with Crippen LogP contribution in [0, 0.1) is 13.8 Å².